The van der Waals surface area contributed by atoms with Crippen molar-refractivity contribution >= 4 is 17.8 Å². The second kappa shape index (κ2) is 7.47. The van der Waals surface area contributed by atoms with Crippen molar-refractivity contribution in [3.05, 3.63) is 35.4 Å². The lowest BCUT2D eigenvalue weighted by molar-refractivity contribution is -0.139. The van der Waals surface area contributed by atoms with E-state index in [4.69, 9.17) is 5.11 Å². The summed E-state index contributed by atoms with van der Waals surface area (Å²) < 4.78 is 0. The lowest BCUT2D eigenvalue weighted by Crippen LogP contribution is -2.46. The van der Waals surface area contributed by atoms with E-state index >= 15 is 0 Å². The van der Waals surface area contributed by atoms with Gasteiger partial charge in [0.2, 0.25) is 11.8 Å². The van der Waals surface area contributed by atoms with Crippen molar-refractivity contribution in [2.45, 2.75) is 32.1 Å². The minimum Gasteiger partial charge on any atom is -0.478 e. The number of amides is 2. The Kier molecular flexibility index (Phi) is 5.59. The third kappa shape index (κ3) is 4.13. The maximum absolute atomic E-state index is 12.5. The SMILES string of the molecule is CN(C)C(=O)C1(CNC(=O)Cc2ccc(C(=O)O)cc2)CCCC1. The quantitative estimate of drug-likeness (QED) is 0.830. The molecule has 2 N–H and O–H groups in total. The first-order valence-electron chi connectivity index (χ1n) is 8.15. The minimum atomic E-state index is -0.989. The third-order valence-electron chi connectivity index (χ3n) is 4.61. The van der Waals surface area contributed by atoms with Gasteiger partial charge in [0.05, 0.1) is 17.4 Å². The van der Waals surface area contributed by atoms with Crippen LogP contribution in [0.4, 0.5) is 0 Å². The first-order valence-corrected chi connectivity index (χ1v) is 8.15. The summed E-state index contributed by atoms with van der Waals surface area (Å²) in [6.07, 6.45) is 3.79. The van der Waals surface area contributed by atoms with Gasteiger partial charge in [0.15, 0.2) is 0 Å². The van der Waals surface area contributed by atoms with E-state index in [2.05, 4.69) is 5.32 Å². The first-order chi connectivity index (χ1) is 11.3. The summed E-state index contributed by atoms with van der Waals surface area (Å²) in [6.45, 7) is 0.357. The molecule has 0 aromatic heterocycles. The second-order valence-electron chi connectivity index (χ2n) is 6.64. The molecule has 2 rings (SSSR count). The molecule has 0 heterocycles. The predicted molar refractivity (Wildman–Crippen MR) is 89.7 cm³/mol. The molecule has 24 heavy (non-hydrogen) atoms. The molecule has 1 fully saturated rings. The summed E-state index contributed by atoms with van der Waals surface area (Å²) in [5.74, 6) is -1.07. The Labute approximate surface area is 141 Å². The van der Waals surface area contributed by atoms with Gasteiger partial charge in [-0.3, -0.25) is 9.59 Å². The Balaban J connectivity index is 1.94. The van der Waals surface area contributed by atoms with E-state index < -0.39 is 11.4 Å². The Bertz CT molecular complexity index is 616. The van der Waals surface area contributed by atoms with Crippen LogP contribution >= 0.6 is 0 Å². The highest BCUT2D eigenvalue weighted by atomic mass is 16.4. The van der Waals surface area contributed by atoms with Gasteiger partial charge in [-0.1, -0.05) is 25.0 Å². The highest BCUT2D eigenvalue weighted by Gasteiger charge is 2.42. The molecule has 0 radical (unpaired) electrons. The average Bonchev–Trinajstić information content (AvgIpc) is 3.02. The van der Waals surface area contributed by atoms with Gasteiger partial charge in [-0.05, 0) is 30.5 Å². The normalized spacial score (nSPS) is 15.8. The number of benzene rings is 1. The van der Waals surface area contributed by atoms with Crippen LogP contribution in [-0.2, 0) is 16.0 Å². The highest BCUT2D eigenvalue weighted by molar-refractivity contribution is 5.88. The number of hydrogen-bond acceptors (Lipinski definition) is 3. The number of nitrogens with one attached hydrogen (secondary N) is 1. The lowest BCUT2D eigenvalue weighted by Gasteiger charge is -2.30. The van der Waals surface area contributed by atoms with Crippen molar-refractivity contribution in [2.24, 2.45) is 5.41 Å². The van der Waals surface area contributed by atoms with E-state index in [1.165, 1.54) is 12.1 Å². The Morgan fingerprint density at radius 2 is 1.71 bits per heavy atom. The Morgan fingerprint density at radius 1 is 1.12 bits per heavy atom. The van der Waals surface area contributed by atoms with E-state index in [1.54, 1.807) is 31.1 Å². The number of carboxylic acids is 1. The van der Waals surface area contributed by atoms with Crippen molar-refractivity contribution in [3.63, 3.8) is 0 Å². The molecule has 1 aliphatic rings. The van der Waals surface area contributed by atoms with E-state index in [1.807, 2.05) is 0 Å². The molecular weight excluding hydrogens is 308 g/mol. The number of carbonyl (C=O) groups is 3. The zero-order chi connectivity index (χ0) is 17.7. The monoisotopic (exact) mass is 332 g/mol. The van der Waals surface area contributed by atoms with Crippen LogP contribution < -0.4 is 5.32 Å². The van der Waals surface area contributed by atoms with Crippen LogP contribution in [0.25, 0.3) is 0 Å². The van der Waals surface area contributed by atoms with Crippen LogP contribution in [-0.4, -0.2) is 48.4 Å². The van der Waals surface area contributed by atoms with Crippen LogP contribution in [0.2, 0.25) is 0 Å². The molecule has 1 aliphatic carbocycles. The molecule has 0 aliphatic heterocycles. The van der Waals surface area contributed by atoms with Crippen LogP contribution in [0, 0.1) is 5.41 Å². The first kappa shape index (κ1) is 18.0. The van der Waals surface area contributed by atoms with E-state index in [-0.39, 0.29) is 23.8 Å². The molecule has 0 atom stereocenters. The summed E-state index contributed by atoms with van der Waals surface area (Å²) in [6, 6.07) is 6.25. The predicted octanol–water partition coefficient (Wildman–Crippen LogP) is 1.69. The fraction of sp³-hybridized carbons (Fsp3) is 0.500. The van der Waals surface area contributed by atoms with Gasteiger partial charge >= 0.3 is 5.97 Å². The fourth-order valence-electron chi connectivity index (χ4n) is 3.27. The Morgan fingerprint density at radius 3 is 2.21 bits per heavy atom. The standard InChI is InChI=1S/C18H24N2O4/c1-20(2)17(24)18(9-3-4-10-18)12-19-15(21)11-13-5-7-14(8-6-13)16(22)23/h5-8H,3-4,9-12H2,1-2H3,(H,19,21)(H,22,23). The van der Waals surface area contributed by atoms with Crippen molar-refractivity contribution in [2.75, 3.05) is 20.6 Å². The third-order valence-corrected chi connectivity index (χ3v) is 4.61. The van der Waals surface area contributed by atoms with Crippen LogP contribution in [0.5, 0.6) is 0 Å². The van der Waals surface area contributed by atoms with Crippen molar-refractivity contribution < 1.29 is 19.5 Å². The molecule has 6 nitrogen and oxygen atoms in total. The summed E-state index contributed by atoms with van der Waals surface area (Å²) >= 11 is 0. The van der Waals surface area contributed by atoms with Gasteiger partial charge < -0.3 is 15.3 Å². The Hall–Kier alpha value is -2.37. The maximum Gasteiger partial charge on any atom is 0.335 e. The van der Waals surface area contributed by atoms with Crippen LogP contribution in [0.3, 0.4) is 0 Å². The largest absolute Gasteiger partial charge is 0.478 e. The molecule has 0 saturated heterocycles. The zero-order valence-corrected chi connectivity index (χ0v) is 14.2. The van der Waals surface area contributed by atoms with Crippen LogP contribution in [0.1, 0.15) is 41.6 Å². The molecule has 0 bridgehead atoms. The van der Waals surface area contributed by atoms with E-state index in [0.717, 1.165) is 31.2 Å². The fourth-order valence-corrected chi connectivity index (χ4v) is 3.27. The summed E-state index contributed by atoms with van der Waals surface area (Å²) in [7, 11) is 3.49. The molecule has 2 amide bonds. The maximum atomic E-state index is 12.5. The highest BCUT2D eigenvalue weighted by Crippen LogP contribution is 2.38. The molecule has 130 valence electrons. The molecule has 0 unspecified atom stereocenters. The minimum absolute atomic E-state index is 0.0751. The lowest BCUT2D eigenvalue weighted by atomic mass is 9.84. The smallest absolute Gasteiger partial charge is 0.335 e. The van der Waals surface area contributed by atoms with Gasteiger partial charge in [-0.15, -0.1) is 0 Å². The number of carboxylic acid groups (broad SMARTS) is 1. The average molecular weight is 332 g/mol. The molecule has 6 heteroatoms. The van der Waals surface area contributed by atoms with Gasteiger partial charge in [-0.2, -0.15) is 0 Å². The van der Waals surface area contributed by atoms with Gasteiger partial charge in [0, 0.05) is 20.6 Å². The number of hydrogen-bond donors (Lipinski definition) is 2. The molecule has 0 spiro atoms. The van der Waals surface area contributed by atoms with Crippen molar-refractivity contribution in [1.29, 1.82) is 0 Å². The molecular formula is C18H24N2O4. The van der Waals surface area contributed by atoms with Crippen molar-refractivity contribution in [1.82, 2.24) is 10.2 Å². The van der Waals surface area contributed by atoms with E-state index in [0.29, 0.717) is 6.54 Å². The van der Waals surface area contributed by atoms with Gasteiger partial charge in [0.1, 0.15) is 0 Å². The number of aromatic carboxylic acids is 1. The molecule has 1 aromatic rings. The number of rotatable bonds is 6. The molecule has 1 saturated carbocycles. The second-order valence-corrected chi connectivity index (χ2v) is 6.64. The summed E-state index contributed by atoms with van der Waals surface area (Å²) in [5.41, 5.74) is 0.462. The number of nitrogens with zero attached hydrogens (tertiary/aromatic N) is 1. The summed E-state index contributed by atoms with van der Waals surface area (Å²) in [5, 5.41) is 11.8. The van der Waals surface area contributed by atoms with E-state index in [9.17, 15) is 14.4 Å². The van der Waals surface area contributed by atoms with Crippen LogP contribution in [0.15, 0.2) is 24.3 Å². The summed E-state index contributed by atoms with van der Waals surface area (Å²) in [4.78, 5) is 37.1. The van der Waals surface area contributed by atoms with Gasteiger partial charge in [-0.25, -0.2) is 4.79 Å². The van der Waals surface area contributed by atoms with Gasteiger partial charge in [0.25, 0.3) is 0 Å². The topological polar surface area (TPSA) is 86.7 Å². The molecule has 1 aromatic carbocycles. The zero-order valence-electron chi connectivity index (χ0n) is 14.2. The van der Waals surface area contributed by atoms with Crippen molar-refractivity contribution in [3.8, 4) is 0 Å². The number of carbonyl (C=O) groups excluding carboxylic acids is 2.